The maximum absolute atomic E-state index is 14.2. The Morgan fingerprint density at radius 2 is 1.64 bits per heavy atom. The maximum Gasteiger partial charge on any atom is 0.264 e. The number of sulfonamides is 1. The Bertz CT molecular complexity index is 1520. The van der Waals surface area contributed by atoms with Crippen molar-refractivity contribution in [3.05, 3.63) is 87.9 Å². The van der Waals surface area contributed by atoms with Crippen LogP contribution >= 0.6 is 15.9 Å². The first kappa shape index (κ1) is 33.1. The number of amides is 2. The van der Waals surface area contributed by atoms with Gasteiger partial charge in [0.1, 0.15) is 18.3 Å². The predicted octanol–water partition coefficient (Wildman–Crippen LogP) is 5.99. The van der Waals surface area contributed by atoms with Crippen LogP contribution in [0.1, 0.15) is 50.8 Å². The van der Waals surface area contributed by atoms with Crippen molar-refractivity contribution in [3.8, 4) is 5.75 Å². The molecule has 8 nitrogen and oxygen atoms in total. The van der Waals surface area contributed by atoms with E-state index < -0.39 is 34.1 Å². The lowest BCUT2D eigenvalue weighted by atomic mass is 10.0. The molecule has 10 heteroatoms. The van der Waals surface area contributed by atoms with E-state index in [2.05, 4.69) is 21.2 Å². The number of benzene rings is 3. The zero-order valence-corrected chi connectivity index (χ0v) is 27.7. The Morgan fingerprint density at radius 1 is 0.976 bits per heavy atom. The van der Waals surface area contributed by atoms with Gasteiger partial charge in [0, 0.05) is 12.1 Å². The van der Waals surface area contributed by atoms with Gasteiger partial charge in [0.2, 0.25) is 11.8 Å². The number of carbonyl (C=O) groups is 2. The van der Waals surface area contributed by atoms with Crippen LogP contribution in [0.2, 0.25) is 0 Å². The average Bonchev–Trinajstić information content (AvgIpc) is 2.91. The Balaban J connectivity index is 2.09. The summed E-state index contributed by atoms with van der Waals surface area (Å²) >= 11 is 3.37. The van der Waals surface area contributed by atoms with Crippen LogP contribution in [0.25, 0.3) is 0 Å². The second kappa shape index (κ2) is 13.7. The summed E-state index contributed by atoms with van der Waals surface area (Å²) in [6.45, 7) is 11.0. The van der Waals surface area contributed by atoms with E-state index in [1.807, 2.05) is 65.8 Å². The van der Waals surface area contributed by atoms with E-state index in [1.54, 1.807) is 30.3 Å². The fourth-order valence-electron chi connectivity index (χ4n) is 4.55. The van der Waals surface area contributed by atoms with Crippen molar-refractivity contribution < 1.29 is 22.7 Å². The van der Waals surface area contributed by atoms with Gasteiger partial charge in [0.05, 0.1) is 22.2 Å². The highest BCUT2D eigenvalue weighted by atomic mass is 79.9. The number of carbonyl (C=O) groups excluding carboxylic acids is 2. The van der Waals surface area contributed by atoms with Gasteiger partial charge in [-0.15, -0.1) is 0 Å². The number of ether oxygens (including phenoxy) is 1. The van der Waals surface area contributed by atoms with Crippen LogP contribution in [0.4, 0.5) is 5.69 Å². The monoisotopic (exact) mass is 657 g/mol. The highest BCUT2D eigenvalue weighted by molar-refractivity contribution is 9.10. The molecule has 1 atom stereocenters. The van der Waals surface area contributed by atoms with Crippen LogP contribution in [-0.4, -0.2) is 50.4 Å². The summed E-state index contributed by atoms with van der Waals surface area (Å²) in [4.78, 5) is 29.1. The highest BCUT2D eigenvalue weighted by Crippen LogP contribution is 2.31. The molecule has 2 amide bonds. The average molecular weight is 659 g/mol. The normalized spacial score (nSPS) is 12.4. The lowest BCUT2D eigenvalue weighted by molar-refractivity contribution is -0.141. The molecule has 0 saturated carbocycles. The molecule has 0 aliphatic rings. The van der Waals surface area contributed by atoms with Crippen molar-refractivity contribution in [1.82, 2.24) is 10.2 Å². The van der Waals surface area contributed by atoms with Crippen molar-refractivity contribution in [1.29, 1.82) is 0 Å². The van der Waals surface area contributed by atoms with E-state index in [9.17, 15) is 18.0 Å². The van der Waals surface area contributed by atoms with Gasteiger partial charge < -0.3 is 15.0 Å². The summed E-state index contributed by atoms with van der Waals surface area (Å²) in [5, 5.41) is 2.99. The summed E-state index contributed by atoms with van der Waals surface area (Å²) < 4.78 is 35.0. The van der Waals surface area contributed by atoms with E-state index in [-0.39, 0.29) is 17.3 Å². The lowest BCUT2D eigenvalue weighted by Crippen LogP contribution is -2.55. The minimum absolute atomic E-state index is 0.00805. The minimum atomic E-state index is -4.20. The SMILES string of the molecule is CCC(C(=O)NC(C)(C)C)N(Cc1cccc(C)c1)C(=O)CN(c1ccc(C)cc1)S(=O)(=O)c1ccc(OC)c(Br)c1. The first-order valence-corrected chi connectivity index (χ1v) is 16.0. The third-order valence-corrected chi connectivity index (χ3v) is 9.02. The smallest absolute Gasteiger partial charge is 0.264 e. The van der Waals surface area contributed by atoms with Crippen LogP contribution in [0.5, 0.6) is 5.75 Å². The molecule has 226 valence electrons. The van der Waals surface area contributed by atoms with Crippen molar-refractivity contribution in [3.63, 3.8) is 0 Å². The van der Waals surface area contributed by atoms with Gasteiger partial charge in [-0.05, 0) is 92.9 Å². The van der Waals surface area contributed by atoms with Crippen LogP contribution in [-0.2, 0) is 26.2 Å². The summed E-state index contributed by atoms with van der Waals surface area (Å²) in [6, 6.07) is 18.3. The van der Waals surface area contributed by atoms with Gasteiger partial charge in [-0.3, -0.25) is 13.9 Å². The van der Waals surface area contributed by atoms with Gasteiger partial charge in [-0.25, -0.2) is 8.42 Å². The van der Waals surface area contributed by atoms with Gasteiger partial charge in [-0.2, -0.15) is 0 Å². The van der Waals surface area contributed by atoms with Gasteiger partial charge in [0.25, 0.3) is 10.0 Å². The molecule has 0 saturated heterocycles. The van der Waals surface area contributed by atoms with Gasteiger partial charge in [0.15, 0.2) is 0 Å². The number of methoxy groups -OCH3 is 1. The molecule has 3 aromatic carbocycles. The second-order valence-electron chi connectivity index (χ2n) is 11.3. The highest BCUT2D eigenvalue weighted by Gasteiger charge is 2.34. The number of hydrogen-bond acceptors (Lipinski definition) is 5. The van der Waals surface area contributed by atoms with Crippen molar-refractivity contribution in [2.24, 2.45) is 0 Å². The lowest BCUT2D eigenvalue weighted by Gasteiger charge is -2.35. The zero-order valence-electron chi connectivity index (χ0n) is 25.3. The maximum atomic E-state index is 14.2. The molecule has 0 fully saturated rings. The Labute approximate surface area is 258 Å². The largest absolute Gasteiger partial charge is 0.496 e. The third-order valence-electron chi connectivity index (χ3n) is 6.63. The van der Waals surface area contributed by atoms with Crippen LogP contribution < -0.4 is 14.4 Å². The number of rotatable bonds is 11. The van der Waals surface area contributed by atoms with E-state index in [0.29, 0.717) is 22.3 Å². The fourth-order valence-corrected chi connectivity index (χ4v) is 6.69. The molecule has 1 unspecified atom stereocenters. The molecule has 3 aromatic rings. The molecule has 1 N–H and O–H groups in total. The quantitative estimate of drug-likeness (QED) is 0.273. The molecule has 0 aliphatic heterocycles. The summed E-state index contributed by atoms with van der Waals surface area (Å²) in [6.07, 6.45) is 0.349. The van der Waals surface area contributed by atoms with Crippen LogP contribution in [0.15, 0.2) is 76.1 Å². The number of hydrogen-bond donors (Lipinski definition) is 1. The third kappa shape index (κ3) is 8.35. The molecule has 0 heterocycles. The number of nitrogens with one attached hydrogen (secondary N) is 1. The van der Waals surface area contributed by atoms with E-state index in [4.69, 9.17) is 4.74 Å². The van der Waals surface area contributed by atoms with Crippen molar-refractivity contribution >= 4 is 43.5 Å². The number of nitrogens with zero attached hydrogens (tertiary/aromatic N) is 2. The number of anilines is 1. The standard InChI is InChI=1S/C32H40BrN3O5S/c1-8-28(31(38)34-32(4,5)6)35(20-24-11-9-10-23(3)18-24)30(37)21-36(25-14-12-22(2)13-15-25)42(39,40)26-16-17-29(41-7)27(33)19-26/h9-19,28H,8,20-21H2,1-7H3,(H,34,38). The molecule has 42 heavy (non-hydrogen) atoms. The molecule has 0 aromatic heterocycles. The first-order valence-electron chi connectivity index (χ1n) is 13.8. The molecule has 3 rings (SSSR count). The number of aryl methyl sites for hydroxylation is 2. The summed E-state index contributed by atoms with van der Waals surface area (Å²) in [7, 11) is -2.71. The fraction of sp³-hybridized carbons (Fsp3) is 0.375. The topological polar surface area (TPSA) is 96.0 Å². The molecule has 0 aliphatic carbocycles. The molecule has 0 bridgehead atoms. The summed E-state index contributed by atoms with van der Waals surface area (Å²) in [5.74, 6) is -0.314. The van der Waals surface area contributed by atoms with Crippen molar-refractivity contribution in [2.75, 3.05) is 18.0 Å². The Morgan fingerprint density at radius 3 is 2.19 bits per heavy atom. The number of halogens is 1. The van der Waals surface area contributed by atoms with E-state index in [1.165, 1.54) is 24.1 Å². The first-order chi connectivity index (χ1) is 19.7. The Kier molecular flexibility index (Phi) is 10.8. The zero-order chi connectivity index (χ0) is 31.2. The summed E-state index contributed by atoms with van der Waals surface area (Å²) in [5.41, 5.74) is 2.63. The van der Waals surface area contributed by atoms with Crippen LogP contribution in [0, 0.1) is 13.8 Å². The molecule has 0 radical (unpaired) electrons. The van der Waals surface area contributed by atoms with E-state index >= 15 is 0 Å². The van der Waals surface area contributed by atoms with Gasteiger partial charge >= 0.3 is 0 Å². The van der Waals surface area contributed by atoms with Crippen LogP contribution in [0.3, 0.4) is 0 Å². The molecular weight excluding hydrogens is 618 g/mol. The van der Waals surface area contributed by atoms with Crippen molar-refractivity contribution in [2.45, 2.75) is 71.0 Å². The second-order valence-corrected chi connectivity index (χ2v) is 14.0. The predicted molar refractivity (Wildman–Crippen MR) is 170 cm³/mol. The van der Waals surface area contributed by atoms with E-state index in [0.717, 1.165) is 21.0 Å². The van der Waals surface area contributed by atoms with Gasteiger partial charge in [-0.1, -0.05) is 54.4 Å². The molecule has 0 spiro atoms. The minimum Gasteiger partial charge on any atom is -0.496 e. The Hall–Kier alpha value is -3.37. The molecular formula is C32H40BrN3O5S.